The molecule has 0 atom stereocenters. The molecule has 19 heavy (non-hydrogen) atoms. The predicted molar refractivity (Wildman–Crippen MR) is 76.5 cm³/mol. The average Bonchev–Trinajstić information content (AvgIpc) is 2.69. The molecule has 2 aromatic rings. The molecule has 4 N–H and O–H groups in total. The summed E-state index contributed by atoms with van der Waals surface area (Å²) in [6, 6.07) is 1.83. The van der Waals surface area contributed by atoms with Gasteiger partial charge in [-0.15, -0.1) is 0 Å². The summed E-state index contributed by atoms with van der Waals surface area (Å²) >= 11 is 0. The van der Waals surface area contributed by atoms with Gasteiger partial charge in [0, 0.05) is 25.9 Å². The normalized spacial score (nSPS) is 10.5. The molecule has 0 fully saturated rings. The van der Waals surface area contributed by atoms with Crippen molar-refractivity contribution in [1.29, 1.82) is 0 Å². The Labute approximate surface area is 112 Å². The summed E-state index contributed by atoms with van der Waals surface area (Å²) in [5.74, 6) is 1.61. The highest BCUT2D eigenvalue weighted by Crippen LogP contribution is 2.21. The van der Waals surface area contributed by atoms with E-state index in [9.17, 15) is 0 Å². The number of nitrogens with two attached hydrogens (primary N) is 1. The first-order valence-electron chi connectivity index (χ1n) is 6.30. The van der Waals surface area contributed by atoms with Gasteiger partial charge in [-0.1, -0.05) is 6.92 Å². The van der Waals surface area contributed by atoms with Crippen molar-refractivity contribution in [3.05, 3.63) is 18.0 Å². The van der Waals surface area contributed by atoms with E-state index in [0.29, 0.717) is 11.6 Å². The Morgan fingerprint density at radius 2 is 2.00 bits per heavy atom. The van der Waals surface area contributed by atoms with Crippen molar-refractivity contribution in [1.82, 2.24) is 19.7 Å². The minimum absolute atomic E-state index is 0.239. The van der Waals surface area contributed by atoms with Crippen LogP contribution in [0.4, 0.5) is 23.3 Å². The molecule has 2 heterocycles. The van der Waals surface area contributed by atoms with Crippen LogP contribution in [0.1, 0.15) is 19.5 Å². The lowest BCUT2D eigenvalue weighted by Gasteiger charge is -2.08. The van der Waals surface area contributed by atoms with Gasteiger partial charge in [0.05, 0.1) is 11.4 Å². The maximum absolute atomic E-state index is 5.70. The lowest BCUT2D eigenvalue weighted by Crippen LogP contribution is -2.06. The van der Waals surface area contributed by atoms with Crippen molar-refractivity contribution in [2.24, 2.45) is 7.05 Å². The maximum Gasteiger partial charge on any atom is 0.223 e. The van der Waals surface area contributed by atoms with Gasteiger partial charge in [0.1, 0.15) is 11.6 Å². The highest BCUT2D eigenvalue weighted by molar-refractivity contribution is 5.62. The fraction of sp³-hybridized carbons (Fsp3) is 0.417. The van der Waals surface area contributed by atoms with Gasteiger partial charge in [0.25, 0.3) is 0 Å². The molecule has 2 aromatic heterocycles. The fourth-order valence-corrected chi connectivity index (χ4v) is 1.84. The molecule has 7 nitrogen and oxygen atoms in total. The number of aryl methyl sites for hydroxylation is 2. The Morgan fingerprint density at radius 3 is 2.68 bits per heavy atom. The third-order valence-corrected chi connectivity index (χ3v) is 2.60. The molecule has 0 unspecified atom stereocenters. The summed E-state index contributed by atoms with van der Waals surface area (Å²) in [4.78, 5) is 8.28. The van der Waals surface area contributed by atoms with Crippen molar-refractivity contribution >= 4 is 23.3 Å². The number of anilines is 4. The number of hydrogen-bond acceptors (Lipinski definition) is 6. The first-order valence-corrected chi connectivity index (χ1v) is 6.30. The zero-order valence-electron chi connectivity index (χ0n) is 11.4. The van der Waals surface area contributed by atoms with Gasteiger partial charge in [0.2, 0.25) is 5.95 Å². The number of nitrogen functional groups attached to an aromatic ring is 1. The van der Waals surface area contributed by atoms with Gasteiger partial charge in [-0.2, -0.15) is 15.1 Å². The van der Waals surface area contributed by atoms with Crippen molar-refractivity contribution in [3.63, 3.8) is 0 Å². The van der Waals surface area contributed by atoms with Crippen LogP contribution in [0.5, 0.6) is 0 Å². The van der Waals surface area contributed by atoms with Crippen molar-refractivity contribution in [3.8, 4) is 0 Å². The molecule has 0 aliphatic heterocycles. The zero-order valence-corrected chi connectivity index (χ0v) is 11.4. The van der Waals surface area contributed by atoms with E-state index in [1.807, 2.05) is 26.2 Å². The summed E-state index contributed by atoms with van der Waals surface area (Å²) in [6.45, 7) is 4.84. The van der Waals surface area contributed by atoms with Gasteiger partial charge in [0.15, 0.2) is 0 Å². The number of nitrogens with one attached hydrogen (secondary N) is 2. The van der Waals surface area contributed by atoms with Crippen molar-refractivity contribution in [2.75, 3.05) is 22.9 Å². The number of aromatic nitrogens is 4. The molecular weight excluding hydrogens is 242 g/mol. The lowest BCUT2D eigenvalue weighted by atomic mass is 10.3. The van der Waals surface area contributed by atoms with Crippen LogP contribution in [0.3, 0.4) is 0 Å². The van der Waals surface area contributed by atoms with Gasteiger partial charge in [-0.3, -0.25) is 4.68 Å². The van der Waals surface area contributed by atoms with Crippen molar-refractivity contribution in [2.45, 2.75) is 20.3 Å². The Hall–Kier alpha value is -2.31. The minimum Gasteiger partial charge on any atom is -0.370 e. The quantitative estimate of drug-likeness (QED) is 0.755. The molecule has 2 rings (SSSR count). The predicted octanol–water partition coefficient (Wildman–Crippen LogP) is 1.53. The first-order chi connectivity index (χ1) is 9.12. The number of nitrogens with zero attached hydrogens (tertiary/aromatic N) is 4. The van der Waals surface area contributed by atoms with Gasteiger partial charge in [-0.25, -0.2) is 0 Å². The number of rotatable bonds is 5. The van der Waals surface area contributed by atoms with Crippen LogP contribution in [0.25, 0.3) is 0 Å². The molecule has 0 aromatic carbocycles. The van der Waals surface area contributed by atoms with Gasteiger partial charge in [-0.05, 0) is 13.3 Å². The second kappa shape index (κ2) is 5.55. The molecule has 0 aliphatic carbocycles. The van der Waals surface area contributed by atoms with E-state index in [0.717, 1.165) is 24.3 Å². The third kappa shape index (κ3) is 3.12. The Morgan fingerprint density at radius 1 is 1.26 bits per heavy atom. The molecule has 0 spiro atoms. The van der Waals surface area contributed by atoms with Crippen molar-refractivity contribution < 1.29 is 0 Å². The maximum atomic E-state index is 5.70. The Bertz CT molecular complexity index is 561. The summed E-state index contributed by atoms with van der Waals surface area (Å²) in [5.41, 5.74) is 7.62. The van der Waals surface area contributed by atoms with E-state index in [2.05, 4.69) is 32.6 Å². The molecule has 7 heteroatoms. The monoisotopic (exact) mass is 261 g/mol. The van der Waals surface area contributed by atoms with E-state index < -0.39 is 0 Å². The van der Waals surface area contributed by atoms with Crippen LogP contribution in [-0.4, -0.2) is 26.3 Å². The van der Waals surface area contributed by atoms with E-state index >= 15 is 0 Å². The van der Waals surface area contributed by atoms with Gasteiger partial charge < -0.3 is 16.4 Å². The summed E-state index contributed by atoms with van der Waals surface area (Å²) in [7, 11) is 1.89. The lowest BCUT2D eigenvalue weighted by molar-refractivity contribution is 0.746. The standard InChI is InChI=1S/C12H19N7/c1-4-8-9(7-19(3)18-8)15-11-6-10(14-5-2)16-12(13)17-11/h6-7H,4-5H2,1-3H3,(H4,13,14,15,16,17). The highest BCUT2D eigenvalue weighted by atomic mass is 15.3. The van der Waals surface area contributed by atoms with Crippen LogP contribution in [-0.2, 0) is 13.5 Å². The van der Waals surface area contributed by atoms with Crippen LogP contribution >= 0.6 is 0 Å². The smallest absolute Gasteiger partial charge is 0.223 e. The highest BCUT2D eigenvalue weighted by Gasteiger charge is 2.08. The third-order valence-electron chi connectivity index (χ3n) is 2.60. The van der Waals surface area contributed by atoms with Crippen LogP contribution in [0.15, 0.2) is 12.3 Å². The molecular formula is C12H19N7. The molecule has 0 bridgehead atoms. The molecule has 0 saturated heterocycles. The van der Waals surface area contributed by atoms with E-state index in [1.54, 1.807) is 4.68 Å². The summed E-state index contributed by atoms with van der Waals surface area (Å²) in [5, 5.41) is 10.7. The molecule has 0 amide bonds. The second-order valence-electron chi connectivity index (χ2n) is 4.17. The van der Waals surface area contributed by atoms with Crippen LogP contribution in [0.2, 0.25) is 0 Å². The minimum atomic E-state index is 0.239. The van der Waals surface area contributed by atoms with Crippen LogP contribution in [0, 0.1) is 0 Å². The van der Waals surface area contributed by atoms with E-state index in [4.69, 9.17) is 5.73 Å². The van der Waals surface area contributed by atoms with Crippen LogP contribution < -0.4 is 16.4 Å². The molecule has 0 radical (unpaired) electrons. The summed E-state index contributed by atoms with van der Waals surface area (Å²) in [6.07, 6.45) is 2.77. The Balaban J connectivity index is 2.26. The second-order valence-corrected chi connectivity index (χ2v) is 4.17. The largest absolute Gasteiger partial charge is 0.370 e. The Kier molecular flexibility index (Phi) is 3.84. The molecule has 102 valence electrons. The average molecular weight is 261 g/mol. The van der Waals surface area contributed by atoms with E-state index in [-0.39, 0.29) is 5.95 Å². The fourth-order valence-electron chi connectivity index (χ4n) is 1.84. The topological polar surface area (TPSA) is 93.7 Å². The van der Waals surface area contributed by atoms with Gasteiger partial charge >= 0.3 is 0 Å². The molecule has 0 saturated carbocycles. The van der Waals surface area contributed by atoms with E-state index in [1.165, 1.54) is 0 Å². The molecule has 0 aliphatic rings. The summed E-state index contributed by atoms with van der Waals surface area (Å²) < 4.78 is 1.77. The SMILES string of the molecule is CCNc1cc(Nc2cn(C)nc2CC)nc(N)n1. The first kappa shape index (κ1) is 13.1. The number of hydrogen-bond donors (Lipinski definition) is 3. The zero-order chi connectivity index (χ0) is 13.8.